The van der Waals surface area contributed by atoms with Crippen LogP contribution in [0.5, 0.6) is 0 Å². The molecule has 0 fully saturated rings. The molecule has 0 spiro atoms. The summed E-state index contributed by atoms with van der Waals surface area (Å²) in [5, 5.41) is 5.59. The van der Waals surface area contributed by atoms with Gasteiger partial charge in [-0.15, -0.1) is 11.3 Å². The Labute approximate surface area is 133 Å². The number of rotatable bonds is 6. The summed E-state index contributed by atoms with van der Waals surface area (Å²) in [6, 6.07) is 6.36. The van der Waals surface area contributed by atoms with Crippen LogP contribution in [-0.2, 0) is 17.6 Å². The predicted octanol–water partition coefficient (Wildman–Crippen LogP) is 2.27. The van der Waals surface area contributed by atoms with Crippen LogP contribution in [0.1, 0.15) is 30.1 Å². The number of thiazole rings is 1. The molecule has 0 unspecified atom stereocenters. The van der Waals surface area contributed by atoms with E-state index in [1.807, 2.05) is 19.2 Å². The first-order chi connectivity index (χ1) is 10.3. The topological polar surface area (TPSA) is 68.0 Å². The van der Waals surface area contributed by atoms with E-state index in [1.165, 1.54) is 23.5 Å². The van der Waals surface area contributed by atoms with Crippen LogP contribution in [0.2, 0.25) is 0 Å². The maximum absolute atomic E-state index is 12.9. The Balaban J connectivity index is 1.88. The van der Waals surface area contributed by atoms with Crippen LogP contribution in [0, 0.1) is 5.82 Å². The fourth-order valence-electron chi connectivity index (χ4n) is 1.84. The van der Waals surface area contributed by atoms with Crippen LogP contribution in [-0.4, -0.2) is 23.0 Å². The zero-order chi connectivity index (χ0) is 16.2. The summed E-state index contributed by atoms with van der Waals surface area (Å²) >= 11 is 1.50. The number of aromatic nitrogens is 1. The molecule has 0 saturated heterocycles. The maximum atomic E-state index is 12.9. The Morgan fingerprint density at radius 1 is 1.36 bits per heavy atom. The van der Waals surface area contributed by atoms with Crippen molar-refractivity contribution >= 4 is 17.2 Å². The molecular weight excluding hydrogens is 301 g/mol. The molecule has 1 aromatic heterocycles. The molecule has 118 valence electrons. The molecule has 0 atom stereocenters. The number of nitrogens with one attached hydrogen (secondary N) is 1. The van der Waals surface area contributed by atoms with E-state index in [9.17, 15) is 9.18 Å². The molecule has 1 aromatic carbocycles. The molecule has 1 amide bonds. The predicted molar refractivity (Wildman–Crippen MR) is 86.3 cm³/mol. The van der Waals surface area contributed by atoms with Crippen molar-refractivity contribution in [3.8, 4) is 0 Å². The summed E-state index contributed by atoms with van der Waals surface area (Å²) in [5.74, 6) is -0.333. The van der Waals surface area contributed by atoms with E-state index in [0.29, 0.717) is 13.0 Å². The standard InChI is InChI=1S/C16H20FN3OS/c1-16(2,18)10-19-14(21)8-13-9-22-15(20-13)7-11-3-5-12(17)6-4-11/h3-6,9H,7-8,10,18H2,1-2H3,(H,19,21). The second-order valence-corrected chi connectivity index (χ2v) is 6.92. The monoisotopic (exact) mass is 321 g/mol. The summed E-state index contributed by atoms with van der Waals surface area (Å²) in [6.45, 7) is 4.15. The van der Waals surface area contributed by atoms with Crippen molar-refractivity contribution in [1.29, 1.82) is 0 Å². The largest absolute Gasteiger partial charge is 0.354 e. The van der Waals surface area contributed by atoms with Gasteiger partial charge in [0, 0.05) is 23.9 Å². The molecule has 0 saturated carbocycles. The lowest BCUT2D eigenvalue weighted by Gasteiger charge is -2.18. The molecule has 4 nitrogen and oxygen atoms in total. The van der Waals surface area contributed by atoms with E-state index in [2.05, 4.69) is 10.3 Å². The smallest absolute Gasteiger partial charge is 0.226 e. The van der Waals surface area contributed by atoms with Gasteiger partial charge in [0.05, 0.1) is 17.1 Å². The molecule has 0 bridgehead atoms. The molecule has 0 aliphatic rings. The highest BCUT2D eigenvalue weighted by Gasteiger charge is 2.13. The van der Waals surface area contributed by atoms with Gasteiger partial charge in [0.1, 0.15) is 5.82 Å². The van der Waals surface area contributed by atoms with Crippen LogP contribution in [0.15, 0.2) is 29.6 Å². The van der Waals surface area contributed by atoms with Crippen molar-refractivity contribution in [3.63, 3.8) is 0 Å². The third kappa shape index (κ3) is 5.54. The van der Waals surface area contributed by atoms with Crippen molar-refractivity contribution in [3.05, 3.63) is 51.7 Å². The average molecular weight is 321 g/mol. The molecule has 22 heavy (non-hydrogen) atoms. The first-order valence-corrected chi connectivity index (χ1v) is 7.93. The van der Waals surface area contributed by atoms with Crippen molar-refractivity contribution < 1.29 is 9.18 Å². The van der Waals surface area contributed by atoms with E-state index in [1.54, 1.807) is 12.1 Å². The number of halogens is 1. The Hall–Kier alpha value is -1.79. The Morgan fingerprint density at radius 2 is 2.05 bits per heavy atom. The summed E-state index contributed by atoms with van der Waals surface area (Å²) in [6.07, 6.45) is 0.887. The summed E-state index contributed by atoms with van der Waals surface area (Å²) in [4.78, 5) is 16.3. The summed E-state index contributed by atoms with van der Waals surface area (Å²) < 4.78 is 12.9. The van der Waals surface area contributed by atoms with Crippen molar-refractivity contribution in [2.45, 2.75) is 32.2 Å². The molecule has 6 heteroatoms. The maximum Gasteiger partial charge on any atom is 0.226 e. The molecular formula is C16H20FN3OS. The Bertz CT molecular complexity index is 632. The van der Waals surface area contributed by atoms with Gasteiger partial charge in [-0.25, -0.2) is 9.37 Å². The van der Waals surface area contributed by atoms with Gasteiger partial charge in [-0.1, -0.05) is 12.1 Å². The lowest BCUT2D eigenvalue weighted by atomic mass is 10.1. The van der Waals surface area contributed by atoms with Crippen LogP contribution >= 0.6 is 11.3 Å². The third-order valence-electron chi connectivity index (χ3n) is 2.95. The zero-order valence-corrected chi connectivity index (χ0v) is 13.5. The number of carbonyl (C=O) groups excluding carboxylic acids is 1. The highest BCUT2D eigenvalue weighted by molar-refractivity contribution is 7.09. The summed E-state index contributed by atoms with van der Waals surface area (Å²) in [5.41, 5.74) is 7.14. The van der Waals surface area contributed by atoms with Gasteiger partial charge in [-0.3, -0.25) is 4.79 Å². The third-order valence-corrected chi connectivity index (χ3v) is 3.85. The van der Waals surface area contributed by atoms with E-state index >= 15 is 0 Å². The molecule has 0 aliphatic carbocycles. The van der Waals surface area contributed by atoms with Gasteiger partial charge < -0.3 is 11.1 Å². The second-order valence-electron chi connectivity index (χ2n) is 5.98. The van der Waals surface area contributed by atoms with Crippen LogP contribution < -0.4 is 11.1 Å². The minimum atomic E-state index is -0.425. The highest BCUT2D eigenvalue weighted by Crippen LogP contribution is 2.15. The lowest BCUT2D eigenvalue weighted by molar-refractivity contribution is -0.120. The van der Waals surface area contributed by atoms with E-state index in [-0.39, 0.29) is 18.1 Å². The molecule has 3 N–H and O–H groups in total. The first kappa shape index (κ1) is 16.6. The number of amides is 1. The van der Waals surface area contributed by atoms with E-state index in [0.717, 1.165) is 16.3 Å². The summed E-state index contributed by atoms with van der Waals surface area (Å²) in [7, 11) is 0. The average Bonchev–Trinajstić information content (AvgIpc) is 2.86. The van der Waals surface area contributed by atoms with Crippen molar-refractivity contribution in [2.24, 2.45) is 5.73 Å². The molecule has 2 rings (SSSR count). The fourth-order valence-corrected chi connectivity index (χ4v) is 2.67. The van der Waals surface area contributed by atoms with Crippen LogP contribution in [0.4, 0.5) is 4.39 Å². The number of nitrogens with zero attached hydrogens (tertiary/aromatic N) is 1. The SMILES string of the molecule is CC(C)(N)CNC(=O)Cc1csc(Cc2ccc(F)cc2)n1. The molecule has 2 aromatic rings. The van der Waals surface area contributed by atoms with Crippen molar-refractivity contribution in [1.82, 2.24) is 10.3 Å². The van der Waals surface area contributed by atoms with Crippen LogP contribution in [0.25, 0.3) is 0 Å². The van der Waals surface area contributed by atoms with Gasteiger partial charge in [-0.05, 0) is 31.5 Å². The number of benzene rings is 1. The highest BCUT2D eigenvalue weighted by atomic mass is 32.1. The minimum absolute atomic E-state index is 0.0860. The van der Waals surface area contributed by atoms with E-state index in [4.69, 9.17) is 5.73 Å². The number of nitrogens with two attached hydrogens (primary N) is 1. The van der Waals surface area contributed by atoms with Gasteiger partial charge in [0.15, 0.2) is 0 Å². The second kappa shape index (κ2) is 6.98. The molecule has 0 radical (unpaired) electrons. The molecule has 0 aliphatic heterocycles. The minimum Gasteiger partial charge on any atom is -0.354 e. The quantitative estimate of drug-likeness (QED) is 0.857. The van der Waals surface area contributed by atoms with Gasteiger partial charge in [-0.2, -0.15) is 0 Å². The van der Waals surface area contributed by atoms with Crippen molar-refractivity contribution in [2.75, 3.05) is 6.54 Å². The zero-order valence-electron chi connectivity index (χ0n) is 12.7. The number of carbonyl (C=O) groups is 1. The number of hydrogen-bond donors (Lipinski definition) is 2. The number of hydrogen-bond acceptors (Lipinski definition) is 4. The van der Waals surface area contributed by atoms with Gasteiger partial charge >= 0.3 is 0 Å². The Kier molecular flexibility index (Phi) is 5.26. The lowest BCUT2D eigenvalue weighted by Crippen LogP contribution is -2.45. The Morgan fingerprint density at radius 3 is 2.68 bits per heavy atom. The van der Waals surface area contributed by atoms with Gasteiger partial charge in [0.25, 0.3) is 0 Å². The normalized spacial score (nSPS) is 11.5. The van der Waals surface area contributed by atoms with Crippen LogP contribution in [0.3, 0.4) is 0 Å². The molecule has 1 heterocycles. The first-order valence-electron chi connectivity index (χ1n) is 7.05. The van der Waals surface area contributed by atoms with Gasteiger partial charge in [0.2, 0.25) is 5.91 Å². The fraction of sp³-hybridized carbons (Fsp3) is 0.375. The van der Waals surface area contributed by atoms with E-state index < -0.39 is 5.54 Å².